The summed E-state index contributed by atoms with van der Waals surface area (Å²) in [7, 11) is -4.41. The normalized spacial score (nSPS) is 11.1. The van der Waals surface area contributed by atoms with Crippen molar-refractivity contribution in [3.63, 3.8) is 0 Å². The van der Waals surface area contributed by atoms with Gasteiger partial charge in [-0.05, 0) is 36.4 Å². The molecule has 98 valence electrons. The van der Waals surface area contributed by atoms with Crippen LogP contribution in [0.2, 0.25) is 0 Å². The average Bonchev–Trinajstić information content (AvgIpc) is 2.39. The molecule has 2 aromatic rings. The summed E-state index contributed by atoms with van der Waals surface area (Å²) in [6, 6.07) is 10.8. The van der Waals surface area contributed by atoms with E-state index in [2.05, 4.69) is 15.5 Å². The molecule has 0 saturated heterocycles. The second-order valence-electron chi connectivity index (χ2n) is 3.60. The Kier molecular flexibility index (Phi) is 6.96. The molecule has 0 bridgehead atoms. The fourth-order valence-electron chi connectivity index (χ4n) is 1.32. The summed E-state index contributed by atoms with van der Waals surface area (Å²) in [5, 5.41) is 3.94. The molecule has 1 heterocycles. The Labute approximate surface area is 159 Å². The first-order chi connectivity index (χ1) is 9.05. The van der Waals surface area contributed by atoms with Crippen LogP contribution in [0.1, 0.15) is 5.69 Å². The van der Waals surface area contributed by atoms with Gasteiger partial charge in [0.15, 0.2) is 0 Å². The maximum Gasteiger partial charge on any atom is 1.00 e. The van der Waals surface area contributed by atoms with E-state index in [1.807, 2.05) is 6.07 Å². The van der Waals surface area contributed by atoms with Crippen molar-refractivity contribution in [2.75, 3.05) is 5.43 Å². The standard InChI is InChI=1S/C12H11N3O3S.K/c16-19(17,18)12-6-4-10(5-7-12)15-14-9-11-3-1-2-8-13-11;/h1-9,15H,(H,16,17,18);/q;+1/p-1/b14-9+;. The van der Waals surface area contributed by atoms with Crippen LogP contribution < -0.4 is 56.8 Å². The van der Waals surface area contributed by atoms with E-state index in [-0.39, 0.29) is 56.3 Å². The summed E-state index contributed by atoms with van der Waals surface area (Å²) in [5.74, 6) is 0. The molecule has 1 aromatic carbocycles. The molecular weight excluding hydrogens is 305 g/mol. The molecule has 0 amide bonds. The molecular formula is C12H10KN3O3S. The largest absolute Gasteiger partial charge is 1.00 e. The maximum absolute atomic E-state index is 10.7. The van der Waals surface area contributed by atoms with Crippen molar-refractivity contribution >= 4 is 22.0 Å². The molecule has 0 aliphatic rings. The van der Waals surface area contributed by atoms with Crippen LogP contribution in [0.15, 0.2) is 58.7 Å². The van der Waals surface area contributed by atoms with Gasteiger partial charge in [-0.15, -0.1) is 0 Å². The minimum Gasteiger partial charge on any atom is -0.744 e. The average molecular weight is 315 g/mol. The minimum absolute atomic E-state index is 0. The molecule has 1 aromatic heterocycles. The number of nitrogens with one attached hydrogen (secondary N) is 1. The smallest absolute Gasteiger partial charge is 0.744 e. The number of hydrogen-bond acceptors (Lipinski definition) is 6. The number of aromatic nitrogens is 1. The van der Waals surface area contributed by atoms with Crippen molar-refractivity contribution in [2.24, 2.45) is 5.10 Å². The Hall–Kier alpha value is -0.614. The van der Waals surface area contributed by atoms with Gasteiger partial charge in [0.2, 0.25) is 0 Å². The molecule has 6 nitrogen and oxygen atoms in total. The summed E-state index contributed by atoms with van der Waals surface area (Å²) >= 11 is 0. The zero-order chi connectivity index (χ0) is 13.7. The van der Waals surface area contributed by atoms with Crippen molar-refractivity contribution in [1.82, 2.24) is 4.98 Å². The van der Waals surface area contributed by atoms with Gasteiger partial charge in [-0.3, -0.25) is 10.4 Å². The first kappa shape index (κ1) is 17.4. The van der Waals surface area contributed by atoms with Gasteiger partial charge >= 0.3 is 51.4 Å². The van der Waals surface area contributed by atoms with Crippen LogP contribution in [0.4, 0.5) is 5.69 Å². The van der Waals surface area contributed by atoms with E-state index < -0.39 is 10.1 Å². The van der Waals surface area contributed by atoms with E-state index in [0.29, 0.717) is 11.4 Å². The van der Waals surface area contributed by atoms with Crippen molar-refractivity contribution in [3.8, 4) is 0 Å². The fraction of sp³-hybridized carbons (Fsp3) is 0. The summed E-state index contributed by atoms with van der Waals surface area (Å²) in [4.78, 5) is 3.77. The summed E-state index contributed by atoms with van der Waals surface area (Å²) in [6.07, 6.45) is 3.17. The summed E-state index contributed by atoms with van der Waals surface area (Å²) in [5.41, 5.74) is 3.96. The second-order valence-corrected chi connectivity index (χ2v) is 4.98. The van der Waals surface area contributed by atoms with Crippen LogP contribution in [0.25, 0.3) is 0 Å². The van der Waals surface area contributed by atoms with Crippen LogP contribution in [-0.2, 0) is 10.1 Å². The Morgan fingerprint density at radius 2 is 1.85 bits per heavy atom. The Morgan fingerprint density at radius 1 is 1.15 bits per heavy atom. The third-order valence-electron chi connectivity index (χ3n) is 2.22. The molecule has 1 N–H and O–H groups in total. The van der Waals surface area contributed by atoms with Gasteiger partial charge in [0.1, 0.15) is 10.1 Å². The third-order valence-corrected chi connectivity index (χ3v) is 3.07. The number of pyridine rings is 1. The Balaban J connectivity index is 0.00000200. The van der Waals surface area contributed by atoms with Crippen molar-refractivity contribution < 1.29 is 64.4 Å². The molecule has 0 unspecified atom stereocenters. The monoisotopic (exact) mass is 315 g/mol. The van der Waals surface area contributed by atoms with Crippen LogP contribution in [-0.4, -0.2) is 24.2 Å². The number of nitrogens with zero attached hydrogens (tertiary/aromatic N) is 2. The molecule has 0 aliphatic carbocycles. The van der Waals surface area contributed by atoms with Crippen molar-refractivity contribution in [3.05, 3.63) is 54.4 Å². The van der Waals surface area contributed by atoms with Gasteiger partial charge in [0.25, 0.3) is 0 Å². The zero-order valence-electron chi connectivity index (χ0n) is 10.7. The maximum atomic E-state index is 10.7. The third kappa shape index (κ3) is 5.41. The van der Waals surface area contributed by atoms with Crippen molar-refractivity contribution in [1.29, 1.82) is 0 Å². The van der Waals surface area contributed by atoms with E-state index in [9.17, 15) is 13.0 Å². The predicted octanol–water partition coefficient (Wildman–Crippen LogP) is -1.56. The van der Waals surface area contributed by atoms with E-state index in [1.165, 1.54) is 30.5 Å². The van der Waals surface area contributed by atoms with Gasteiger partial charge < -0.3 is 4.55 Å². The quantitative estimate of drug-likeness (QED) is 0.319. The Bertz CT molecular complexity index is 673. The molecule has 0 fully saturated rings. The number of anilines is 1. The van der Waals surface area contributed by atoms with Gasteiger partial charge in [-0.2, -0.15) is 5.10 Å². The van der Waals surface area contributed by atoms with E-state index in [1.54, 1.807) is 18.3 Å². The molecule has 0 saturated carbocycles. The van der Waals surface area contributed by atoms with E-state index in [0.717, 1.165) is 0 Å². The number of benzene rings is 1. The molecule has 20 heavy (non-hydrogen) atoms. The number of hydrogen-bond donors (Lipinski definition) is 1. The molecule has 0 aliphatic heterocycles. The van der Waals surface area contributed by atoms with Crippen LogP contribution in [0.5, 0.6) is 0 Å². The van der Waals surface area contributed by atoms with Crippen molar-refractivity contribution in [2.45, 2.75) is 4.90 Å². The molecule has 0 atom stereocenters. The van der Waals surface area contributed by atoms with Crippen LogP contribution in [0, 0.1) is 0 Å². The predicted molar refractivity (Wildman–Crippen MR) is 69.9 cm³/mol. The zero-order valence-corrected chi connectivity index (χ0v) is 14.7. The first-order valence-corrected chi connectivity index (χ1v) is 6.72. The fourth-order valence-corrected chi connectivity index (χ4v) is 1.79. The van der Waals surface area contributed by atoms with Gasteiger partial charge in [0.05, 0.1) is 22.5 Å². The van der Waals surface area contributed by atoms with Gasteiger partial charge in [-0.25, -0.2) is 8.42 Å². The second kappa shape index (κ2) is 7.98. The van der Waals surface area contributed by atoms with Crippen LogP contribution >= 0.6 is 0 Å². The SMILES string of the molecule is O=S(=O)([O-])c1ccc(N/N=C/c2ccccn2)cc1.[K+]. The van der Waals surface area contributed by atoms with Gasteiger partial charge in [0, 0.05) is 6.20 Å². The van der Waals surface area contributed by atoms with Crippen LogP contribution in [0.3, 0.4) is 0 Å². The Morgan fingerprint density at radius 3 is 2.40 bits per heavy atom. The summed E-state index contributed by atoms with van der Waals surface area (Å²) in [6.45, 7) is 0. The molecule has 0 radical (unpaired) electrons. The van der Waals surface area contributed by atoms with Gasteiger partial charge in [-0.1, -0.05) is 6.07 Å². The first-order valence-electron chi connectivity index (χ1n) is 5.32. The molecule has 0 spiro atoms. The topological polar surface area (TPSA) is 94.5 Å². The number of rotatable bonds is 4. The number of hydrazone groups is 1. The van der Waals surface area contributed by atoms with E-state index in [4.69, 9.17) is 0 Å². The molecule has 2 rings (SSSR count). The minimum atomic E-state index is -4.41. The summed E-state index contributed by atoms with van der Waals surface area (Å²) < 4.78 is 32.2. The molecule has 8 heteroatoms. The van der Waals surface area contributed by atoms with E-state index >= 15 is 0 Å².